The van der Waals surface area contributed by atoms with E-state index < -0.39 is 5.97 Å². The molecule has 2 atom stereocenters. The van der Waals surface area contributed by atoms with Crippen LogP contribution in [-0.4, -0.2) is 41.1 Å². The van der Waals surface area contributed by atoms with Gasteiger partial charge in [-0.2, -0.15) is 0 Å². The summed E-state index contributed by atoms with van der Waals surface area (Å²) in [5.74, 6) is -0.493. The van der Waals surface area contributed by atoms with Crippen LogP contribution in [0.15, 0.2) is 0 Å². The number of carboxylic acids is 1. The highest BCUT2D eigenvalue weighted by Gasteiger charge is 2.37. The quantitative estimate of drug-likeness (QED) is 0.706. The number of fused-ring (bicyclic) bond motifs is 1. The number of nitrogens with zero attached hydrogens (tertiary/aromatic N) is 1. The highest BCUT2D eigenvalue weighted by Crippen LogP contribution is 2.30. The lowest BCUT2D eigenvalue weighted by molar-refractivity contribution is -0.138. The summed E-state index contributed by atoms with van der Waals surface area (Å²) in [7, 11) is 0. The lowest BCUT2D eigenvalue weighted by Crippen LogP contribution is -2.59. The van der Waals surface area contributed by atoms with Crippen molar-refractivity contribution in [3.8, 4) is 0 Å². The zero-order valence-electron chi connectivity index (χ0n) is 8.61. The fourth-order valence-electron chi connectivity index (χ4n) is 2.64. The molecule has 15 heavy (non-hydrogen) atoms. The fourth-order valence-corrected chi connectivity index (χ4v) is 2.64. The Bertz CT molecular complexity index is 280. The third-order valence-corrected chi connectivity index (χ3v) is 3.35. The molecule has 5 nitrogen and oxygen atoms in total. The second kappa shape index (κ2) is 4.08. The standard InChI is InChI=1S/C10H16N2O3/c13-9(14)6-12-8-4-2-1-3-7(8)5-11-10(12)15/h7-8H,1-6H2,(H,11,15)(H,13,14). The van der Waals surface area contributed by atoms with E-state index in [-0.39, 0.29) is 18.6 Å². The molecule has 5 heteroatoms. The Balaban J connectivity index is 2.09. The summed E-state index contributed by atoms with van der Waals surface area (Å²) in [6.45, 7) is 0.534. The van der Waals surface area contributed by atoms with Crippen LogP contribution in [0.25, 0.3) is 0 Å². The molecule has 0 bridgehead atoms. The largest absolute Gasteiger partial charge is 0.480 e. The number of hydrogen-bond acceptors (Lipinski definition) is 2. The maximum absolute atomic E-state index is 11.5. The number of amides is 2. The Morgan fingerprint density at radius 1 is 1.47 bits per heavy atom. The topological polar surface area (TPSA) is 69.6 Å². The van der Waals surface area contributed by atoms with E-state index in [2.05, 4.69) is 5.32 Å². The first-order chi connectivity index (χ1) is 7.18. The highest BCUT2D eigenvalue weighted by atomic mass is 16.4. The smallest absolute Gasteiger partial charge is 0.323 e. The minimum Gasteiger partial charge on any atom is -0.480 e. The molecule has 2 fully saturated rings. The molecule has 1 aliphatic heterocycles. The molecule has 2 unspecified atom stereocenters. The van der Waals surface area contributed by atoms with Crippen LogP contribution in [0.4, 0.5) is 4.79 Å². The molecule has 0 aromatic carbocycles. The Hall–Kier alpha value is -1.26. The monoisotopic (exact) mass is 212 g/mol. The predicted molar refractivity (Wildman–Crippen MR) is 53.5 cm³/mol. The summed E-state index contributed by atoms with van der Waals surface area (Å²) in [5, 5.41) is 11.5. The number of urea groups is 1. The van der Waals surface area contributed by atoms with Gasteiger partial charge in [0, 0.05) is 12.6 Å². The maximum Gasteiger partial charge on any atom is 0.323 e. The van der Waals surface area contributed by atoms with E-state index in [9.17, 15) is 9.59 Å². The van der Waals surface area contributed by atoms with Crippen LogP contribution in [0.1, 0.15) is 25.7 Å². The van der Waals surface area contributed by atoms with Crippen molar-refractivity contribution in [2.75, 3.05) is 13.1 Å². The summed E-state index contributed by atoms with van der Waals surface area (Å²) in [6.07, 6.45) is 4.34. The van der Waals surface area contributed by atoms with E-state index in [0.717, 1.165) is 19.3 Å². The molecule has 0 radical (unpaired) electrons. The normalized spacial score (nSPS) is 30.7. The van der Waals surface area contributed by atoms with Crippen LogP contribution in [0, 0.1) is 5.92 Å². The van der Waals surface area contributed by atoms with E-state index in [1.807, 2.05) is 0 Å². The van der Waals surface area contributed by atoms with Crippen molar-refractivity contribution in [3.63, 3.8) is 0 Å². The SMILES string of the molecule is O=C(O)CN1C(=O)NCC2CCCCC21. The van der Waals surface area contributed by atoms with Crippen LogP contribution in [-0.2, 0) is 4.79 Å². The minimum absolute atomic E-state index is 0.142. The lowest BCUT2D eigenvalue weighted by atomic mass is 9.82. The molecular formula is C10H16N2O3. The molecule has 2 amide bonds. The number of nitrogens with one attached hydrogen (secondary N) is 1. The van der Waals surface area contributed by atoms with Crippen LogP contribution in [0.5, 0.6) is 0 Å². The predicted octanol–water partition coefficient (Wildman–Crippen LogP) is 0.655. The van der Waals surface area contributed by atoms with Crippen molar-refractivity contribution in [3.05, 3.63) is 0 Å². The van der Waals surface area contributed by atoms with E-state index in [4.69, 9.17) is 5.11 Å². The first-order valence-corrected chi connectivity index (χ1v) is 5.45. The Morgan fingerprint density at radius 2 is 2.20 bits per heavy atom. The average Bonchev–Trinajstić information content (AvgIpc) is 2.22. The van der Waals surface area contributed by atoms with Gasteiger partial charge in [-0.3, -0.25) is 4.79 Å². The van der Waals surface area contributed by atoms with E-state index in [1.54, 1.807) is 0 Å². The van der Waals surface area contributed by atoms with E-state index in [1.165, 1.54) is 11.3 Å². The van der Waals surface area contributed by atoms with Crippen LogP contribution >= 0.6 is 0 Å². The number of carboxylic acid groups (broad SMARTS) is 1. The van der Waals surface area contributed by atoms with Crippen molar-refractivity contribution in [1.82, 2.24) is 10.2 Å². The van der Waals surface area contributed by atoms with Crippen LogP contribution in [0.3, 0.4) is 0 Å². The molecule has 0 spiro atoms. The van der Waals surface area contributed by atoms with Gasteiger partial charge < -0.3 is 15.3 Å². The van der Waals surface area contributed by atoms with Crippen molar-refractivity contribution in [2.24, 2.45) is 5.92 Å². The Morgan fingerprint density at radius 3 is 2.93 bits per heavy atom. The zero-order valence-corrected chi connectivity index (χ0v) is 8.61. The van der Waals surface area contributed by atoms with Crippen molar-refractivity contribution in [1.29, 1.82) is 0 Å². The maximum atomic E-state index is 11.5. The fraction of sp³-hybridized carbons (Fsp3) is 0.800. The zero-order chi connectivity index (χ0) is 10.8. The molecule has 84 valence electrons. The minimum atomic E-state index is -0.934. The number of hydrogen-bond donors (Lipinski definition) is 2. The van der Waals surface area contributed by atoms with Gasteiger partial charge in [-0.1, -0.05) is 12.8 Å². The van der Waals surface area contributed by atoms with Gasteiger partial charge in [-0.15, -0.1) is 0 Å². The lowest BCUT2D eigenvalue weighted by Gasteiger charge is -2.43. The number of carbonyl (C=O) groups excluding carboxylic acids is 1. The van der Waals surface area contributed by atoms with Crippen LogP contribution < -0.4 is 5.32 Å². The second-order valence-electron chi connectivity index (χ2n) is 4.32. The number of carbonyl (C=O) groups is 2. The first-order valence-electron chi connectivity index (χ1n) is 5.45. The molecular weight excluding hydrogens is 196 g/mol. The van der Waals surface area contributed by atoms with Gasteiger partial charge >= 0.3 is 12.0 Å². The van der Waals surface area contributed by atoms with E-state index >= 15 is 0 Å². The first kappa shape index (κ1) is 10.3. The summed E-state index contributed by atoms with van der Waals surface area (Å²) in [5.41, 5.74) is 0. The Labute approximate surface area is 88.4 Å². The van der Waals surface area contributed by atoms with Gasteiger partial charge in [0.25, 0.3) is 0 Å². The molecule has 2 N–H and O–H groups in total. The molecule has 1 heterocycles. The van der Waals surface area contributed by atoms with Gasteiger partial charge in [0.15, 0.2) is 0 Å². The van der Waals surface area contributed by atoms with Crippen molar-refractivity contribution >= 4 is 12.0 Å². The molecule has 0 aromatic rings. The van der Waals surface area contributed by atoms with Gasteiger partial charge in [0.2, 0.25) is 0 Å². The second-order valence-corrected chi connectivity index (χ2v) is 4.32. The average molecular weight is 212 g/mol. The van der Waals surface area contributed by atoms with Crippen molar-refractivity contribution < 1.29 is 14.7 Å². The highest BCUT2D eigenvalue weighted by molar-refractivity contribution is 5.81. The summed E-state index contributed by atoms with van der Waals surface area (Å²) in [6, 6.07) is -0.0795. The van der Waals surface area contributed by atoms with Gasteiger partial charge in [0.05, 0.1) is 0 Å². The summed E-state index contributed by atoms with van der Waals surface area (Å²) in [4.78, 5) is 23.7. The molecule has 1 saturated heterocycles. The van der Waals surface area contributed by atoms with Crippen molar-refractivity contribution in [2.45, 2.75) is 31.7 Å². The molecule has 1 aliphatic carbocycles. The molecule has 1 saturated carbocycles. The van der Waals surface area contributed by atoms with Gasteiger partial charge in [0.1, 0.15) is 6.54 Å². The Kier molecular flexibility index (Phi) is 2.79. The van der Waals surface area contributed by atoms with Gasteiger partial charge in [-0.05, 0) is 18.8 Å². The van der Waals surface area contributed by atoms with Gasteiger partial charge in [-0.25, -0.2) is 4.79 Å². The molecule has 2 aliphatic rings. The summed E-state index contributed by atoms with van der Waals surface area (Å²) < 4.78 is 0. The summed E-state index contributed by atoms with van der Waals surface area (Å²) >= 11 is 0. The molecule has 0 aromatic heterocycles. The number of rotatable bonds is 2. The molecule has 2 rings (SSSR count). The third kappa shape index (κ3) is 2.06. The third-order valence-electron chi connectivity index (χ3n) is 3.35. The number of aliphatic carboxylic acids is 1. The van der Waals surface area contributed by atoms with E-state index in [0.29, 0.717) is 12.5 Å². The van der Waals surface area contributed by atoms with Crippen LogP contribution in [0.2, 0.25) is 0 Å².